The van der Waals surface area contributed by atoms with E-state index in [1.54, 1.807) is 6.07 Å². The van der Waals surface area contributed by atoms with Crippen LogP contribution in [0.25, 0.3) is 0 Å². The maximum atomic E-state index is 12.0. The van der Waals surface area contributed by atoms with Crippen LogP contribution in [0.3, 0.4) is 0 Å². The van der Waals surface area contributed by atoms with Gasteiger partial charge >= 0.3 is 5.97 Å². The van der Waals surface area contributed by atoms with Crippen LogP contribution in [0.5, 0.6) is 0 Å². The quantitative estimate of drug-likeness (QED) is 0.265. The van der Waals surface area contributed by atoms with Gasteiger partial charge in [-0.15, -0.1) is 0 Å². The second-order valence-electron chi connectivity index (χ2n) is 6.29. The summed E-state index contributed by atoms with van der Waals surface area (Å²) in [6.07, 6.45) is 0.764. The number of oxime groups is 1. The Morgan fingerprint density at radius 1 is 1.48 bits per heavy atom. The molecule has 3 N–H and O–H groups in total. The molecule has 0 spiro atoms. The molecule has 1 aromatic rings. The minimum absolute atomic E-state index is 0.0151. The molecule has 6 nitrogen and oxygen atoms in total. The third kappa shape index (κ3) is 5.56. The fraction of sp³-hybridized carbons (Fsp3) is 0.529. The van der Waals surface area contributed by atoms with E-state index in [4.69, 9.17) is 15.7 Å². The Labute approximate surface area is 137 Å². The highest BCUT2D eigenvalue weighted by Gasteiger charge is 2.23. The molecule has 0 amide bonds. The zero-order valence-corrected chi connectivity index (χ0v) is 14.5. The number of amidine groups is 1. The van der Waals surface area contributed by atoms with Crippen molar-refractivity contribution in [1.82, 2.24) is 4.90 Å². The fourth-order valence-corrected chi connectivity index (χ4v) is 2.02. The van der Waals surface area contributed by atoms with Crippen molar-refractivity contribution in [3.05, 3.63) is 35.4 Å². The number of hydrogen-bond acceptors (Lipinski definition) is 5. The van der Waals surface area contributed by atoms with E-state index in [2.05, 4.69) is 5.16 Å². The van der Waals surface area contributed by atoms with Crippen LogP contribution in [0.15, 0.2) is 29.4 Å². The lowest BCUT2D eigenvalue weighted by molar-refractivity contribution is -0.158. The summed E-state index contributed by atoms with van der Waals surface area (Å²) in [5, 5.41) is 11.8. The molecule has 0 fully saturated rings. The summed E-state index contributed by atoms with van der Waals surface area (Å²) in [7, 11) is 1.86. The Bertz CT molecular complexity index is 570. The number of carbonyl (C=O) groups is 1. The number of likely N-dealkylation sites (N-methyl/N-ethyl adjacent to an activating group) is 1. The Morgan fingerprint density at radius 3 is 2.70 bits per heavy atom. The lowest BCUT2D eigenvalue weighted by Gasteiger charge is -2.28. The Hall–Kier alpha value is -2.08. The van der Waals surface area contributed by atoms with Crippen LogP contribution in [-0.4, -0.2) is 41.1 Å². The number of benzene rings is 1. The van der Waals surface area contributed by atoms with Crippen LogP contribution < -0.4 is 5.73 Å². The Balaban J connectivity index is 2.77. The molecule has 1 rings (SSSR count). The molecule has 0 radical (unpaired) electrons. The van der Waals surface area contributed by atoms with E-state index in [9.17, 15) is 4.79 Å². The minimum atomic E-state index is -0.451. The van der Waals surface area contributed by atoms with Crippen molar-refractivity contribution >= 4 is 11.8 Å². The first-order valence-corrected chi connectivity index (χ1v) is 7.70. The number of rotatable bonds is 7. The van der Waals surface area contributed by atoms with Crippen molar-refractivity contribution in [2.45, 2.75) is 45.8 Å². The summed E-state index contributed by atoms with van der Waals surface area (Å²) in [6, 6.07) is 7.38. The van der Waals surface area contributed by atoms with E-state index in [0.717, 1.165) is 12.0 Å². The molecule has 1 aromatic carbocycles. The van der Waals surface area contributed by atoms with Gasteiger partial charge in [-0.1, -0.05) is 30.3 Å². The van der Waals surface area contributed by atoms with Gasteiger partial charge in [-0.25, -0.2) is 0 Å². The maximum absolute atomic E-state index is 12.0. The van der Waals surface area contributed by atoms with Gasteiger partial charge in [0.15, 0.2) is 5.84 Å². The summed E-state index contributed by atoms with van der Waals surface area (Å²) < 4.78 is 5.47. The molecule has 0 aliphatic rings. The molecule has 128 valence electrons. The molecule has 0 saturated carbocycles. The van der Waals surface area contributed by atoms with Crippen LogP contribution in [-0.2, 0) is 9.53 Å². The molecule has 23 heavy (non-hydrogen) atoms. The second-order valence-corrected chi connectivity index (χ2v) is 6.29. The largest absolute Gasteiger partial charge is 0.459 e. The smallest absolute Gasteiger partial charge is 0.320 e. The number of ether oxygens (including phenoxy) is 1. The number of hydrogen-bond donors (Lipinski definition) is 2. The van der Waals surface area contributed by atoms with E-state index in [1.807, 2.05) is 57.8 Å². The summed E-state index contributed by atoms with van der Waals surface area (Å²) in [5.41, 5.74) is 6.78. The fourth-order valence-electron chi connectivity index (χ4n) is 2.02. The number of esters is 1. The van der Waals surface area contributed by atoms with Gasteiger partial charge in [-0.2, -0.15) is 0 Å². The Kier molecular flexibility index (Phi) is 6.57. The molecule has 1 atom stereocenters. The van der Waals surface area contributed by atoms with Crippen molar-refractivity contribution < 1.29 is 14.7 Å². The highest BCUT2D eigenvalue weighted by Crippen LogP contribution is 2.21. The average molecular weight is 321 g/mol. The van der Waals surface area contributed by atoms with Crippen molar-refractivity contribution in [3.63, 3.8) is 0 Å². The number of carbonyl (C=O) groups excluding carboxylic acids is 1. The third-order valence-corrected chi connectivity index (χ3v) is 4.05. The van der Waals surface area contributed by atoms with Crippen LogP contribution in [0.4, 0.5) is 0 Å². The molecular weight excluding hydrogens is 294 g/mol. The topological polar surface area (TPSA) is 88.2 Å². The predicted octanol–water partition coefficient (Wildman–Crippen LogP) is 2.51. The SMILES string of the molecule is CCC(C)(C)OC(=O)CN(C)C(C)c1cccc(C(N)=NO)c1. The molecule has 1 unspecified atom stereocenters. The van der Waals surface area contributed by atoms with Crippen molar-refractivity contribution in [2.24, 2.45) is 10.9 Å². The first-order chi connectivity index (χ1) is 10.7. The average Bonchev–Trinajstić information content (AvgIpc) is 2.52. The van der Waals surface area contributed by atoms with Crippen molar-refractivity contribution in [2.75, 3.05) is 13.6 Å². The molecule has 0 saturated heterocycles. The van der Waals surface area contributed by atoms with Crippen LogP contribution >= 0.6 is 0 Å². The van der Waals surface area contributed by atoms with Gasteiger partial charge in [0.2, 0.25) is 0 Å². The molecule has 0 aliphatic heterocycles. The Morgan fingerprint density at radius 2 is 2.13 bits per heavy atom. The first kappa shape index (κ1) is 19.0. The van der Waals surface area contributed by atoms with Crippen molar-refractivity contribution in [3.8, 4) is 0 Å². The molecule has 0 bridgehead atoms. The molecule has 6 heteroatoms. The van der Waals surface area contributed by atoms with Gasteiger partial charge in [-0.05, 0) is 45.9 Å². The minimum Gasteiger partial charge on any atom is -0.459 e. The highest BCUT2D eigenvalue weighted by molar-refractivity contribution is 5.97. The first-order valence-electron chi connectivity index (χ1n) is 7.70. The lowest BCUT2D eigenvalue weighted by Crippen LogP contribution is -2.35. The monoisotopic (exact) mass is 321 g/mol. The lowest BCUT2D eigenvalue weighted by atomic mass is 10.0. The normalized spacial score (nSPS) is 13.9. The summed E-state index contributed by atoms with van der Waals surface area (Å²) in [5.74, 6) is -0.190. The second kappa shape index (κ2) is 7.97. The van der Waals surface area contributed by atoms with Crippen molar-refractivity contribution in [1.29, 1.82) is 0 Å². The standard InChI is InChI=1S/C17H27N3O3/c1-6-17(3,4)23-15(21)11-20(5)12(2)13-8-7-9-14(10-13)16(18)19-22/h7-10,12,22H,6,11H2,1-5H3,(H2,18,19). The molecule has 0 aromatic heterocycles. The van der Waals surface area contributed by atoms with Gasteiger partial charge < -0.3 is 15.7 Å². The maximum Gasteiger partial charge on any atom is 0.320 e. The van der Waals surface area contributed by atoms with Crippen LogP contribution in [0.1, 0.15) is 51.3 Å². The summed E-state index contributed by atoms with van der Waals surface area (Å²) in [6.45, 7) is 7.96. The van der Waals surface area contributed by atoms with E-state index >= 15 is 0 Å². The molecular formula is C17H27N3O3. The number of nitrogens with zero attached hydrogens (tertiary/aromatic N) is 2. The van der Waals surface area contributed by atoms with Gasteiger partial charge in [0, 0.05) is 11.6 Å². The molecule has 0 heterocycles. The van der Waals surface area contributed by atoms with E-state index in [1.165, 1.54) is 0 Å². The zero-order chi connectivity index (χ0) is 17.6. The summed E-state index contributed by atoms with van der Waals surface area (Å²) in [4.78, 5) is 14.0. The third-order valence-electron chi connectivity index (χ3n) is 4.05. The molecule has 0 aliphatic carbocycles. The van der Waals surface area contributed by atoms with E-state index in [0.29, 0.717) is 5.56 Å². The highest BCUT2D eigenvalue weighted by atomic mass is 16.6. The van der Waals surface area contributed by atoms with Crippen LogP contribution in [0.2, 0.25) is 0 Å². The van der Waals surface area contributed by atoms with Gasteiger partial charge in [0.05, 0.1) is 6.54 Å². The van der Waals surface area contributed by atoms with E-state index in [-0.39, 0.29) is 24.4 Å². The van der Waals surface area contributed by atoms with Gasteiger partial charge in [0.25, 0.3) is 0 Å². The van der Waals surface area contributed by atoms with E-state index < -0.39 is 5.60 Å². The number of nitrogens with two attached hydrogens (primary N) is 1. The zero-order valence-electron chi connectivity index (χ0n) is 14.5. The van der Waals surface area contributed by atoms with Gasteiger partial charge in [-0.3, -0.25) is 9.69 Å². The summed E-state index contributed by atoms with van der Waals surface area (Å²) >= 11 is 0. The van der Waals surface area contributed by atoms with Gasteiger partial charge in [0.1, 0.15) is 5.60 Å². The predicted molar refractivity (Wildman–Crippen MR) is 90.5 cm³/mol. The van der Waals surface area contributed by atoms with Crippen LogP contribution in [0, 0.1) is 0 Å².